The largest absolute Gasteiger partial charge is 0.397 e. The molecule has 1 aromatic carbocycles. The number of thiophene rings is 1. The van der Waals surface area contributed by atoms with Crippen molar-refractivity contribution in [3.05, 3.63) is 28.1 Å². The van der Waals surface area contributed by atoms with E-state index in [2.05, 4.69) is 6.07 Å². The molecule has 14 heavy (non-hydrogen) atoms. The van der Waals surface area contributed by atoms with E-state index in [4.69, 9.17) is 22.6 Å². The minimum absolute atomic E-state index is 0.302. The lowest BCUT2D eigenvalue weighted by atomic mass is 10.1. The molecule has 1 aromatic heterocycles. The summed E-state index contributed by atoms with van der Waals surface area (Å²) in [4.78, 5) is 0. The molecule has 0 unspecified atom stereocenters. The minimum Gasteiger partial charge on any atom is -0.397 e. The van der Waals surface area contributed by atoms with Crippen molar-refractivity contribution >= 4 is 38.7 Å². The van der Waals surface area contributed by atoms with Gasteiger partial charge in [-0.1, -0.05) is 11.6 Å². The number of hydrogen-bond acceptors (Lipinski definition) is 3. The summed E-state index contributed by atoms with van der Waals surface area (Å²) in [5.74, 6) is 0. The first kappa shape index (κ1) is 9.32. The van der Waals surface area contributed by atoms with Gasteiger partial charge < -0.3 is 5.73 Å². The molecule has 4 heteroatoms. The monoisotopic (exact) mass is 222 g/mol. The summed E-state index contributed by atoms with van der Waals surface area (Å²) in [6.45, 7) is 0. The average Bonchev–Trinajstić information content (AvgIpc) is 2.62. The molecular weight excluding hydrogens is 216 g/mol. The van der Waals surface area contributed by atoms with E-state index in [9.17, 15) is 0 Å². The predicted molar refractivity (Wildman–Crippen MR) is 60.6 cm³/mol. The van der Waals surface area contributed by atoms with Gasteiger partial charge in [0.2, 0.25) is 0 Å². The molecule has 0 aliphatic carbocycles. The lowest BCUT2D eigenvalue weighted by Gasteiger charge is -2.04. The highest BCUT2D eigenvalue weighted by atomic mass is 35.5. The SMILES string of the molecule is N#CCc1cc2sccc2c(N)c1Cl. The number of nitrogen functional groups attached to an aromatic ring is 1. The van der Waals surface area contributed by atoms with E-state index in [1.807, 2.05) is 17.5 Å². The first-order chi connectivity index (χ1) is 6.74. The van der Waals surface area contributed by atoms with Crippen LogP contribution in [0.2, 0.25) is 5.02 Å². The minimum atomic E-state index is 0.302. The van der Waals surface area contributed by atoms with Crippen LogP contribution in [0.15, 0.2) is 17.5 Å². The molecule has 0 amide bonds. The van der Waals surface area contributed by atoms with Crippen molar-refractivity contribution < 1.29 is 0 Å². The molecule has 0 bridgehead atoms. The predicted octanol–water partition coefficient (Wildman–Crippen LogP) is 3.20. The average molecular weight is 223 g/mol. The molecule has 0 fully saturated rings. The fourth-order valence-corrected chi connectivity index (χ4v) is 2.47. The van der Waals surface area contributed by atoms with E-state index in [1.54, 1.807) is 11.3 Å². The highest BCUT2D eigenvalue weighted by Crippen LogP contribution is 2.35. The Hall–Kier alpha value is -1.24. The van der Waals surface area contributed by atoms with Crippen LogP contribution in [-0.4, -0.2) is 0 Å². The number of fused-ring (bicyclic) bond motifs is 1. The van der Waals surface area contributed by atoms with Crippen LogP contribution in [0.5, 0.6) is 0 Å². The fraction of sp³-hybridized carbons (Fsp3) is 0.100. The third kappa shape index (κ3) is 1.33. The molecule has 1 heterocycles. The summed E-state index contributed by atoms with van der Waals surface area (Å²) >= 11 is 7.64. The first-order valence-electron chi connectivity index (χ1n) is 4.05. The van der Waals surface area contributed by atoms with Crippen molar-refractivity contribution in [3.8, 4) is 6.07 Å². The summed E-state index contributed by atoms with van der Waals surface area (Å²) in [7, 11) is 0. The van der Waals surface area contributed by atoms with Gasteiger partial charge in [-0.05, 0) is 23.1 Å². The van der Waals surface area contributed by atoms with Crippen molar-refractivity contribution in [2.24, 2.45) is 0 Å². The molecule has 0 aliphatic heterocycles. The molecule has 0 saturated heterocycles. The Labute approximate surface area is 90.5 Å². The van der Waals surface area contributed by atoms with Crippen molar-refractivity contribution in [2.45, 2.75) is 6.42 Å². The number of hydrogen-bond donors (Lipinski definition) is 1. The van der Waals surface area contributed by atoms with Gasteiger partial charge in [-0.2, -0.15) is 5.26 Å². The maximum atomic E-state index is 8.61. The van der Waals surface area contributed by atoms with Crippen LogP contribution in [-0.2, 0) is 6.42 Å². The second kappa shape index (κ2) is 3.49. The standard InChI is InChI=1S/C10H7ClN2S/c11-9-6(1-3-12)5-8-7(10(9)13)2-4-14-8/h2,4-5H,1,13H2. The molecule has 2 aromatic rings. The topological polar surface area (TPSA) is 49.8 Å². The van der Waals surface area contributed by atoms with Crippen molar-refractivity contribution in [2.75, 3.05) is 5.73 Å². The Morgan fingerprint density at radius 3 is 3.07 bits per heavy atom. The normalized spacial score (nSPS) is 10.3. The van der Waals surface area contributed by atoms with Gasteiger partial charge in [-0.25, -0.2) is 0 Å². The number of nitriles is 1. The second-order valence-corrected chi connectivity index (χ2v) is 4.26. The molecule has 2 N–H and O–H groups in total. The van der Waals surface area contributed by atoms with Gasteiger partial charge in [0.15, 0.2) is 0 Å². The van der Waals surface area contributed by atoms with Crippen molar-refractivity contribution in [3.63, 3.8) is 0 Å². The van der Waals surface area contributed by atoms with E-state index in [-0.39, 0.29) is 0 Å². The second-order valence-electron chi connectivity index (χ2n) is 2.93. The van der Waals surface area contributed by atoms with Crippen LogP contribution in [0.3, 0.4) is 0 Å². The summed E-state index contributed by atoms with van der Waals surface area (Å²) < 4.78 is 1.08. The number of halogens is 1. The third-order valence-corrected chi connectivity index (χ3v) is 3.39. The highest BCUT2D eigenvalue weighted by Gasteiger charge is 2.09. The van der Waals surface area contributed by atoms with Crippen LogP contribution in [0.4, 0.5) is 5.69 Å². The van der Waals surface area contributed by atoms with Crippen molar-refractivity contribution in [1.82, 2.24) is 0 Å². The number of anilines is 1. The van der Waals surface area contributed by atoms with E-state index in [1.165, 1.54) is 0 Å². The molecule has 70 valence electrons. The van der Waals surface area contributed by atoms with Gasteiger partial charge in [0.25, 0.3) is 0 Å². The van der Waals surface area contributed by atoms with E-state index < -0.39 is 0 Å². The number of nitrogens with zero attached hydrogens (tertiary/aromatic N) is 1. The van der Waals surface area contributed by atoms with Gasteiger partial charge in [-0.15, -0.1) is 11.3 Å². The highest BCUT2D eigenvalue weighted by molar-refractivity contribution is 7.17. The number of benzene rings is 1. The Kier molecular flexibility index (Phi) is 2.32. The smallest absolute Gasteiger partial charge is 0.0685 e. The third-order valence-electron chi connectivity index (χ3n) is 2.08. The van der Waals surface area contributed by atoms with E-state index in [0.29, 0.717) is 17.1 Å². The van der Waals surface area contributed by atoms with Gasteiger partial charge in [0, 0.05) is 10.1 Å². The maximum Gasteiger partial charge on any atom is 0.0685 e. The summed E-state index contributed by atoms with van der Waals surface area (Å²) in [6, 6.07) is 5.95. The zero-order valence-electron chi connectivity index (χ0n) is 7.25. The van der Waals surface area contributed by atoms with Gasteiger partial charge >= 0.3 is 0 Å². The number of rotatable bonds is 1. The van der Waals surface area contributed by atoms with E-state index >= 15 is 0 Å². The van der Waals surface area contributed by atoms with Crippen LogP contribution in [0, 0.1) is 11.3 Å². The Morgan fingerprint density at radius 2 is 2.36 bits per heavy atom. The zero-order valence-corrected chi connectivity index (χ0v) is 8.82. The molecule has 0 atom stereocenters. The first-order valence-corrected chi connectivity index (χ1v) is 5.31. The molecule has 2 nitrogen and oxygen atoms in total. The molecular formula is C10H7ClN2S. The van der Waals surface area contributed by atoms with E-state index in [0.717, 1.165) is 15.6 Å². The summed E-state index contributed by atoms with van der Waals surface area (Å²) in [6.07, 6.45) is 0.302. The lowest BCUT2D eigenvalue weighted by Crippen LogP contribution is -1.92. The molecule has 0 saturated carbocycles. The fourth-order valence-electron chi connectivity index (χ4n) is 1.38. The summed E-state index contributed by atoms with van der Waals surface area (Å²) in [5.41, 5.74) is 7.25. The van der Waals surface area contributed by atoms with Gasteiger partial charge in [0.05, 0.1) is 23.2 Å². The van der Waals surface area contributed by atoms with Gasteiger partial charge in [-0.3, -0.25) is 0 Å². The van der Waals surface area contributed by atoms with Crippen LogP contribution in [0.25, 0.3) is 10.1 Å². The van der Waals surface area contributed by atoms with Crippen LogP contribution >= 0.6 is 22.9 Å². The molecule has 0 spiro atoms. The Morgan fingerprint density at radius 1 is 1.57 bits per heavy atom. The molecule has 0 aliphatic rings. The maximum absolute atomic E-state index is 8.61. The summed E-state index contributed by atoms with van der Waals surface area (Å²) in [5, 5.41) is 12.1. The molecule has 2 rings (SSSR count). The molecule has 0 radical (unpaired) electrons. The number of nitrogens with two attached hydrogens (primary N) is 1. The van der Waals surface area contributed by atoms with Crippen LogP contribution in [0.1, 0.15) is 5.56 Å². The zero-order chi connectivity index (χ0) is 10.1. The van der Waals surface area contributed by atoms with Gasteiger partial charge in [0.1, 0.15) is 0 Å². The Bertz CT molecular complexity index is 525. The quantitative estimate of drug-likeness (QED) is 0.754. The lowest BCUT2D eigenvalue weighted by molar-refractivity contribution is 1.27. The van der Waals surface area contributed by atoms with Crippen LogP contribution < -0.4 is 5.73 Å². The van der Waals surface area contributed by atoms with Crippen molar-refractivity contribution in [1.29, 1.82) is 5.26 Å². The Balaban J connectivity index is 2.75.